The summed E-state index contributed by atoms with van der Waals surface area (Å²) in [5.74, 6) is 0.344. The molecule has 0 saturated carbocycles. The highest BCUT2D eigenvalue weighted by Crippen LogP contribution is 2.21. The second kappa shape index (κ2) is 6.75. The number of furan rings is 1. The highest BCUT2D eigenvalue weighted by Gasteiger charge is 2.09. The third kappa shape index (κ3) is 4.21. The molecule has 2 aromatic rings. The van der Waals surface area contributed by atoms with Crippen molar-refractivity contribution in [1.82, 2.24) is 0 Å². The number of aromatic hydroxyl groups is 1. The zero-order valence-electron chi connectivity index (χ0n) is 12.2. The summed E-state index contributed by atoms with van der Waals surface area (Å²) < 4.78 is 5.13. The SMILES string of the molecule is CC(C)=CCc1ccc(O)c(C(=O)/C=C/c2ccco2)c1. The average Bonchev–Trinajstić information content (AvgIpc) is 2.97. The topological polar surface area (TPSA) is 50.4 Å². The van der Waals surface area contributed by atoms with Gasteiger partial charge in [-0.3, -0.25) is 4.79 Å². The summed E-state index contributed by atoms with van der Waals surface area (Å²) in [5, 5.41) is 9.85. The van der Waals surface area contributed by atoms with Gasteiger partial charge in [-0.15, -0.1) is 0 Å². The quantitative estimate of drug-likeness (QED) is 0.502. The Hall–Kier alpha value is -2.55. The molecule has 0 atom stereocenters. The maximum Gasteiger partial charge on any atom is 0.189 e. The van der Waals surface area contributed by atoms with Crippen LogP contribution < -0.4 is 0 Å². The molecule has 3 heteroatoms. The fourth-order valence-corrected chi connectivity index (χ4v) is 1.86. The van der Waals surface area contributed by atoms with Gasteiger partial charge in [0.15, 0.2) is 5.78 Å². The summed E-state index contributed by atoms with van der Waals surface area (Å²) in [6.07, 6.45) is 7.36. The van der Waals surface area contributed by atoms with Gasteiger partial charge in [0.25, 0.3) is 0 Å². The highest BCUT2D eigenvalue weighted by molar-refractivity contribution is 6.08. The van der Waals surface area contributed by atoms with Crippen LogP contribution in [0.5, 0.6) is 5.75 Å². The van der Waals surface area contributed by atoms with Crippen LogP contribution in [0.15, 0.2) is 58.7 Å². The molecule has 3 nitrogen and oxygen atoms in total. The van der Waals surface area contributed by atoms with Crippen LogP contribution in [0.1, 0.15) is 35.5 Å². The van der Waals surface area contributed by atoms with Crippen LogP contribution in [0.4, 0.5) is 0 Å². The molecule has 108 valence electrons. The van der Waals surface area contributed by atoms with Gasteiger partial charge in [0.1, 0.15) is 11.5 Å². The van der Waals surface area contributed by atoms with Crippen molar-refractivity contribution in [3.8, 4) is 5.75 Å². The maximum atomic E-state index is 12.1. The molecule has 0 aliphatic carbocycles. The molecule has 0 amide bonds. The van der Waals surface area contributed by atoms with Crippen molar-refractivity contribution < 1.29 is 14.3 Å². The molecular weight excluding hydrogens is 264 g/mol. The molecular formula is C18H18O3. The van der Waals surface area contributed by atoms with E-state index in [2.05, 4.69) is 6.08 Å². The lowest BCUT2D eigenvalue weighted by atomic mass is 10.0. The zero-order valence-corrected chi connectivity index (χ0v) is 12.2. The summed E-state index contributed by atoms with van der Waals surface area (Å²) in [4.78, 5) is 12.1. The van der Waals surface area contributed by atoms with E-state index in [-0.39, 0.29) is 11.5 Å². The van der Waals surface area contributed by atoms with E-state index in [1.54, 1.807) is 36.6 Å². The van der Waals surface area contributed by atoms with Crippen LogP contribution in [0.3, 0.4) is 0 Å². The predicted octanol–water partition coefficient (Wildman–Crippen LogP) is 4.39. The standard InChI is InChI=1S/C18H18O3/c1-13(2)5-6-14-7-9-17(19)16(12-14)18(20)10-8-15-4-3-11-21-15/h3-5,7-12,19H,6H2,1-2H3/b10-8+. The molecule has 0 aliphatic rings. The molecule has 0 radical (unpaired) electrons. The Kier molecular flexibility index (Phi) is 4.77. The molecule has 1 heterocycles. The second-order valence-electron chi connectivity index (χ2n) is 5.05. The van der Waals surface area contributed by atoms with Crippen LogP contribution in [0.2, 0.25) is 0 Å². The van der Waals surface area contributed by atoms with Gasteiger partial charge in [0.05, 0.1) is 11.8 Å². The Bertz CT molecular complexity index is 672. The fourth-order valence-electron chi connectivity index (χ4n) is 1.86. The van der Waals surface area contributed by atoms with E-state index in [0.29, 0.717) is 11.3 Å². The van der Waals surface area contributed by atoms with Crippen LogP contribution in [0.25, 0.3) is 6.08 Å². The molecule has 1 N–H and O–H groups in total. The number of hydrogen-bond acceptors (Lipinski definition) is 3. The summed E-state index contributed by atoms with van der Waals surface area (Å²) in [7, 11) is 0. The number of ketones is 1. The molecule has 1 aromatic heterocycles. The van der Waals surface area contributed by atoms with Gasteiger partial charge in [0.2, 0.25) is 0 Å². The van der Waals surface area contributed by atoms with Crippen molar-refractivity contribution in [3.05, 3.63) is 71.2 Å². The lowest BCUT2D eigenvalue weighted by Crippen LogP contribution is -1.96. The number of phenols is 1. The first-order chi connectivity index (χ1) is 10.1. The number of rotatable bonds is 5. The van der Waals surface area contributed by atoms with Crippen LogP contribution >= 0.6 is 0 Å². The minimum Gasteiger partial charge on any atom is -0.507 e. The van der Waals surface area contributed by atoms with Gasteiger partial charge >= 0.3 is 0 Å². The van der Waals surface area contributed by atoms with E-state index in [9.17, 15) is 9.90 Å². The second-order valence-corrected chi connectivity index (χ2v) is 5.05. The van der Waals surface area contributed by atoms with E-state index < -0.39 is 0 Å². The summed E-state index contributed by atoms with van der Waals surface area (Å²) in [6, 6.07) is 8.62. The average molecular weight is 282 g/mol. The number of carbonyl (C=O) groups excluding carboxylic acids is 1. The van der Waals surface area contributed by atoms with Gasteiger partial charge < -0.3 is 9.52 Å². The van der Waals surface area contributed by atoms with Crippen molar-refractivity contribution in [2.45, 2.75) is 20.3 Å². The molecule has 21 heavy (non-hydrogen) atoms. The van der Waals surface area contributed by atoms with E-state index in [1.807, 2.05) is 19.9 Å². The van der Waals surface area contributed by atoms with Crippen molar-refractivity contribution >= 4 is 11.9 Å². The van der Waals surface area contributed by atoms with Crippen molar-refractivity contribution in [3.63, 3.8) is 0 Å². The third-order valence-electron chi connectivity index (χ3n) is 3.01. The third-order valence-corrected chi connectivity index (χ3v) is 3.01. The van der Waals surface area contributed by atoms with Crippen molar-refractivity contribution in [2.75, 3.05) is 0 Å². The number of phenolic OH excluding ortho intramolecular Hbond substituents is 1. The first kappa shape index (κ1) is 14.9. The first-order valence-corrected chi connectivity index (χ1v) is 6.77. The van der Waals surface area contributed by atoms with Gasteiger partial charge in [-0.1, -0.05) is 17.7 Å². The van der Waals surface area contributed by atoms with Crippen LogP contribution in [-0.4, -0.2) is 10.9 Å². The van der Waals surface area contributed by atoms with Gasteiger partial charge in [-0.25, -0.2) is 0 Å². The number of allylic oxidation sites excluding steroid dienone is 3. The minimum absolute atomic E-state index is 0.00922. The summed E-state index contributed by atoms with van der Waals surface area (Å²) in [6.45, 7) is 4.05. The minimum atomic E-state index is -0.247. The molecule has 0 aliphatic heterocycles. The first-order valence-electron chi connectivity index (χ1n) is 6.77. The molecule has 0 spiro atoms. The lowest BCUT2D eigenvalue weighted by Gasteiger charge is -2.04. The summed E-state index contributed by atoms with van der Waals surface area (Å²) >= 11 is 0. The fraction of sp³-hybridized carbons (Fsp3) is 0.167. The largest absolute Gasteiger partial charge is 0.507 e. The smallest absolute Gasteiger partial charge is 0.189 e. The van der Waals surface area contributed by atoms with Gasteiger partial charge in [-0.05, 0) is 62.2 Å². The Morgan fingerprint density at radius 2 is 2.10 bits per heavy atom. The Balaban J connectivity index is 2.19. The number of hydrogen-bond donors (Lipinski definition) is 1. The monoisotopic (exact) mass is 282 g/mol. The maximum absolute atomic E-state index is 12.1. The van der Waals surface area contributed by atoms with E-state index in [0.717, 1.165) is 12.0 Å². The molecule has 0 bridgehead atoms. The molecule has 0 fully saturated rings. The van der Waals surface area contributed by atoms with Crippen molar-refractivity contribution in [1.29, 1.82) is 0 Å². The lowest BCUT2D eigenvalue weighted by molar-refractivity contribution is 0.104. The molecule has 2 rings (SSSR count). The molecule has 1 aromatic carbocycles. The molecule has 0 saturated heterocycles. The Labute approximate surface area is 124 Å². The summed E-state index contributed by atoms with van der Waals surface area (Å²) in [5.41, 5.74) is 2.51. The number of carbonyl (C=O) groups is 1. The molecule has 0 unspecified atom stereocenters. The van der Waals surface area contributed by atoms with Gasteiger partial charge in [0, 0.05) is 0 Å². The van der Waals surface area contributed by atoms with E-state index in [1.165, 1.54) is 11.6 Å². The highest BCUT2D eigenvalue weighted by atomic mass is 16.3. The van der Waals surface area contributed by atoms with E-state index in [4.69, 9.17) is 4.42 Å². The zero-order chi connectivity index (χ0) is 15.2. The Morgan fingerprint density at radius 3 is 2.76 bits per heavy atom. The van der Waals surface area contributed by atoms with Crippen LogP contribution in [-0.2, 0) is 6.42 Å². The van der Waals surface area contributed by atoms with E-state index >= 15 is 0 Å². The normalized spacial score (nSPS) is 10.8. The van der Waals surface area contributed by atoms with Gasteiger partial charge in [-0.2, -0.15) is 0 Å². The Morgan fingerprint density at radius 1 is 1.29 bits per heavy atom. The number of benzene rings is 1. The van der Waals surface area contributed by atoms with Crippen LogP contribution in [0, 0.1) is 0 Å². The predicted molar refractivity (Wildman–Crippen MR) is 83.3 cm³/mol. The van der Waals surface area contributed by atoms with Crippen molar-refractivity contribution in [2.24, 2.45) is 0 Å².